The van der Waals surface area contributed by atoms with Crippen LogP contribution in [0.5, 0.6) is 0 Å². The maximum Gasteiger partial charge on any atom is 0.395 e. The first-order valence-corrected chi connectivity index (χ1v) is 4.98. The second kappa shape index (κ2) is 3.10. The van der Waals surface area contributed by atoms with Gasteiger partial charge in [0, 0.05) is 19.1 Å². The number of halogens is 3. The van der Waals surface area contributed by atoms with Crippen molar-refractivity contribution in [3.63, 3.8) is 0 Å². The number of hydrogen-bond donors (Lipinski definition) is 1. The van der Waals surface area contributed by atoms with Crippen molar-refractivity contribution in [2.45, 2.75) is 31.5 Å². The van der Waals surface area contributed by atoms with Gasteiger partial charge in [-0.05, 0) is 25.8 Å². The number of rotatable bonds is 2. The molecule has 0 bridgehead atoms. The molecule has 1 aliphatic heterocycles. The lowest BCUT2D eigenvalue weighted by Gasteiger charge is -2.25. The summed E-state index contributed by atoms with van der Waals surface area (Å²) in [6.45, 7) is 1.50. The third kappa shape index (κ3) is 1.75. The van der Waals surface area contributed by atoms with E-state index in [2.05, 4.69) is 0 Å². The molecule has 2 nitrogen and oxygen atoms in total. The summed E-state index contributed by atoms with van der Waals surface area (Å²) < 4.78 is 37.8. The van der Waals surface area contributed by atoms with Crippen LogP contribution in [0.4, 0.5) is 13.2 Å². The van der Waals surface area contributed by atoms with Gasteiger partial charge in [-0.15, -0.1) is 0 Å². The van der Waals surface area contributed by atoms with Crippen molar-refractivity contribution in [2.75, 3.05) is 19.6 Å². The molecule has 0 amide bonds. The fourth-order valence-corrected chi connectivity index (χ4v) is 2.12. The van der Waals surface area contributed by atoms with Gasteiger partial charge in [-0.2, -0.15) is 13.2 Å². The molecule has 2 fully saturated rings. The maximum absolute atomic E-state index is 12.6. The fraction of sp³-hybridized carbons (Fsp3) is 1.00. The first-order chi connectivity index (χ1) is 6.43. The van der Waals surface area contributed by atoms with Gasteiger partial charge in [-0.25, -0.2) is 0 Å². The highest BCUT2D eigenvalue weighted by molar-refractivity contribution is 5.02. The van der Waals surface area contributed by atoms with Crippen LogP contribution in [-0.4, -0.2) is 36.8 Å². The molecule has 1 heterocycles. The molecule has 0 aromatic carbocycles. The van der Waals surface area contributed by atoms with Gasteiger partial charge in [0.15, 0.2) is 0 Å². The molecule has 1 aliphatic carbocycles. The molecule has 1 saturated heterocycles. The van der Waals surface area contributed by atoms with E-state index in [1.165, 1.54) is 0 Å². The van der Waals surface area contributed by atoms with Gasteiger partial charge in [-0.1, -0.05) is 0 Å². The Labute approximate surface area is 81.2 Å². The molecule has 82 valence electrons. The van der Waals surface area contributed by atoms with Crippen molar-refractivity contribution in [1.29, 1.82) is 0 Å². The molecule has 0 unspecified atom stereocenters. The topological polar surface area (TPSA) is 29.3 Å². The van der Waals surface area contributed by atoms with E-state index in [1.807, 2.05) is 4.90 Å². The van der Waals surface area contributed by atoms with E-state index in [0.29, 0.717) is 19.4 Å². The predicted molar refractivity (Wildman–Crippen MR) is 46.8 cm³/mol. The number of nitrogens with two attached hydrogens (primary N) is 1. The lowest BCUT2D eigenvalue weighted by molar-refractivity contribution is -0.191. The normalized spacial score (nSPS) is 32.1. The predicted octanol–water partition coefficient (Wildman–Crippen LogP) is 1.36. The van der Waals surface area contributed by atoms with Crippen molar-refractivity contribution in [1.82, 2.24) is 4.90 Å². The van der Waals surface area contributed by atoms with Gasteiger partial charge < -0.3 is 10.6 Å². The summed E-state index contributed by atoms with van der Waals surface area (Å²) in [6.07, 6.45) is -2.61. The third-order valence-corrected chi connectivity index (χ3v) is 3.29. The summed E-state index contributed by atoms with van der Waals surface area (Å²) in [6, 6.07) is 0.0685. The average Bonchev–Trinajstić information content (AvgIpc) is 2.71. The first-order valence-electron chi connectivity index (χ1n) is 4.98. The van der Waals surface area contributed by atoms with Crippen LogP contribution in [0, 0.1) is 5.41 Å². The highest BCUT2D eigenvalue weighted by Gasteiger charge is 2.63. The maximum atomic E-state index is 12.6. The molecule has 1 atom stereocenters. The minimum Gasteiger partial charge on any atom is -0.326 e. The third-order valence-electron chi connectivity index (χ3n) is 3.29. The summed E-state index contributed by atoms with van der Waals surface area (Å²) >= 11 is 0. The number of nitrogens with zero attached hydrogens (tertiary/aromatic N) is 1. The summed E-state index contributed by atoms with van der Waals surface area (Å²) in [5.74, 6) is 0. The highest BCUT2D eigenvalue weighted by Crippen LogP contribution is 2.58. The van der Waals surface area contributed by atoms with Gasteiger partial charge in [0.2, 0.25) is 0 Å². The number of hydrogen-bond acceptors (Lipinski definition) is 2. The number of likely N-dealkylation sites (tertiary alicyclic amines) is 1. The number of alkyl halides is 3. The molecule has 1 saturated carbocycles. The molecular formula is C9H15F3N2. The molecular weight excluding hydrogens is 193 g/mol. The Morgan fingerprint density at radius 1 is 1.36 bits per heavy atom. The minimum absolute atomic E-state index is 0.0685. The Morgan fingerprint density at radius 3 is 2.36 bits per heavy atom. The van der Waals surface area contributed by atoms with Crippen molar-refractivity contribution < 1.29 is 13.2 Å². The molecule has 14 heavy (non-hydrogen) atoms. The zero-order chi connectivity index (χ0) is 10.4. The fourth-order valence-electron chi connectivity index (χ4n) is 2.12. The largest absolute Gasteiger partial charge is 0.395 e. The van der Waals surface area contributed by atoms with E-state index >= 15 is 0 Å². The molecule has 2 aliphatic rings. The molecule has 0 aromatic rings. The van der Waals surface area contributed by atoms with Crippen molar-refractivity contribution in [2.24, 2.45) is 11.1 Å². The van der Waals surface area contributed by atoms with Crippen LogP contribution in [0.2, 0.25) is 0 Å². The standard InChI is InChI=1S/C9H15F3N2/c10-9(11,12)8(2-3-8)6-14-4-1-7(13)5-14/h7H,1-6,13H2/t7-/m1/s1. The van der Waals surface area contributed by atoms with E-state index in [9.17, 15) is 13.2 Å². The van der Waals surface area contributed by atoms with Gasteiger partial charge in [0.05, 0.1) is 5.41 Å². The van der Waals surface area contributed by atoms with Gasteiger partial charge in [0.1, 0.15) is 0 Å². The summed E-state index contributed by atoms with van der Waals surface area (Å²) in [5, 5.41) is 0. The van der Waals surface area contributed by atoms with Crippen molar-refractivity contribution in [3.05, 3.63) is 0 Å². The Morgan fingerprint density at radius 2 is 2.00 bits per heavy atom. The van der Waals surface area contributed by atoms with Crippen LogP contribution in [0.3, 0.4) is 0 Å². The SMILES string of the molecule is N[C@@H]1CCN(CC2(C(F)(F)F)CC2)C1. The highest BCUT2D eigenvalue weighted by atomic mass is 19.4. The van der Waals surface area contributed by atoms with Crippen LogP contribution < -0.4 is 5.73 Å². The molecule has 5 heteroatoms. The first kappa shape index (κ1) is 10.2. The zero-order valence-corrected chi connectivity index (χ0v) is 7.98. The van der Waals surface area contributed by atoms with E-state index in [4.69, 9.17) is 5.73 Å². The molecule has 0 radical (unpaired) electrons. The van der Waals surface area contributed by atoms with Gasteiger partial charge >= 0.3 is 6.18 Å². The van der Waals surface area contributed by atoms with E-state index in [-0.39, 0.29) is 12.6 Å². The van der Waals surface area contributed by atoms with E-state index in [1.54, 1.807) is 0 Å². The zero-order valence-electron chi connectivity index (χ0n) is 7.98. The van der Waals surface area contributed by atoms with Crippen LogP contribution in [0.25, 0.3) is 0 Å². The second-order valence-electron chi connectivity index (χ2n) is 4.56. The second-order valence-corrected chi connectivity index (χ2v) is 4.56. The van der Waals surface area contributed by atoms with E-state index < -0.39 is 11.6 Å². The van der Waals surface area contributed by atoms with Crippen molar-refractivity contribution >= 4 is 0 Å². The van der Waals surface area contributed by atoms with Crippen LogP contribution >= 0.6 is 0 Å². The molecule has 0 aromatic heterocycles. The summed E-state index contributed by atoms with van der Waals surface area (Å²) in [4.78, 5) is 1.85. The Kier molecular flexibility index (Phi) is 2.27. The lowest BCUT2D eigenvalue weighted by Crippen LogP contribution is -2.38. The summed E-state index contributed by atoms with van der Waals surface area (Å²) in [7, 11) is 0. The Hall–Kier alpha value is -0.290. The van der Waals surface area contributed by atoms with Crippen LogP contribution in [0.15, 0.2) is 0 Å². The monoisotopic (exact) mass is 208 g/mol. The molecule has 2 N–H and O–H groups in total. The Balaban J connectivity index is 1.92. The minimum atomic E-state index is -4.03. The van der Waals surface area contributed by atoms with Gasteiger partial charge in [-0.3, -0.25) is 0 Å². The smallest absolute Gasteiger partial charge is 0.326 e. The summed E-state index contributed by atoms with van der Waals surface area (Å²) in [5.41, 5.74) is 4.26. The quantitative estimate of drug-likeness (QED) is 0.742. The van der Waals surface area contributed by atoms with Crippen LogP contribution in [-0.2, 0) is 0 Å². The van der Waals surface area contributed by atoms with Crippen molar-refractivity contribution in [3.8, 4) is 0 Å². The lowest BCUT2D eigenvalue weighted by atomic mass is 10.1. The molecule has 0 spiro atoms. The van der Waals surface area contributed by atoms with Gasteiger partial charge in [0.25, 0.3) is 0 Å². The Bertz CT molecular complexity index is 223. The van der Waals surface area contributed by atoms with Crippen LogP contribution in [0.1, 0.15) is 19.3 Å². The van der Waals surface area contributed by atoms with E-state index in [0.717, 1.165) is 13.0 Å². The average molecular weight is 208 g/mol. The molecule has 2 rings (SSSR count).